The highest BCUT2D eigenvalue weighted by atomic mass is 15.3. The van der Waals surface area contributed by atoms with Gasteiger partial charge in [-0.05, 0) is 40.0 Å². The van der Waals surface area contributed by atoms with Gasteiger partial charge in [0.05, 0.1) is 6.20 Å². The molecule has 1 heterocycles. The highest BCUT2D eigenvalue weighted by Crippen LogP contribution is 2.16. The Morgan fingerprint density at radius 1 is 1.35 bits per heavy atom. The molecule has 1 N–H and O–H groups in total. The minimum absolute atomic E-state index is 0.413. The van der Waals surface area contributed by atoms with Crippen molar-refractivity contribution < 1.29 is 0 Å². The SMILES string of the molecule is CCN(CC)CCC(NC)c1cnn(CC)c1. The molecule has 0 amide bonds. The third-order valence-electron chi connectivity index (χ3n) is 3.36. The van der Waals surface area contributed by atoms with Gasteiger partial charge >= 0.3 is 0 Å². The summed E-state index contributed by atoms with van der Waals surface area (Å²) in [5.41, 5.74) is 1.29. The molecule has 17 heavy (non-hydrogen) atoms. The fourth-order valence-corrected chi connectivity index (χ4v) is 2.06. The molecule has 1 aromatic heterocycles. The van der Waals surface area contributed by atoms with Gasteiger partial charge in [0.25, 0.3) is 0 Å². The lowest BCUT2D eigenvalue weighted by Crippen LogP contribution is -2.28. The summed E-state index contributed by atoms with van der Waals surface area (Å²) in [4.78, 5) is 2.45. The Morgan fingerprint density at radius 3 is 2.53 bits per heavy atom. The summed E-state index contributed by atoms with van der Waals surface area (Å²) in [6.45, 7) is 10.9. The normalized spacial score (nSPS) is 13.2. The van der Waals surface area contributed by atoms with E-state index < -0.39 is 0 Å². The summed E-state index contributed by atoms with van der Waals surface area (Å²) in [6, 6.07) is 0.413. The van der Waals surface area contributed by atoms with Crippen LogP contribution in [0.25, 0.3) is 0 Å². The second-order valence-corrected chi connectivity index (χ2v) is 4.29. The molecule has 0 aliphatic rings. The molecular formula is C13H26N4. The molecular weight excluding hydrogens is 212 g/mol. The van der Waals surface area contributed by atoms with E-state index in [0.29, 0.717) is 6.04 Å². The van der Waals surface area contributed by atoms with Crippen LogP contribution in [-0.2, 0) is 6.54 Å². The van der Waals surface area contributed by atoms with Crippen molar-refractivity contribution in [2.75, 3.05) is 26.7 Å². The minimum Gasteiger partial charge on any atom is -0.313 e. The Morgan fingerprint density at radius 2 is 2.06 bits per heavy atom. The minimum atomic E-state index is 0.413. The standard InChI is InChI=1S/C13H26N4/c1-5-16(6-2)9-8-13(14-4)12-10-15-17(7-3)11-12/h10-11,13-14H,5-9H2,1-4H3. The zero-order valence-corrected chi connectivity index (χ0v) is 11.6. The zero-order valence-electron chi connectivity index (χ0n) is 11.6. The van der Waals surface area contributed by atoms with Gasteiger partial charge in [0, 0.05) is 24.3 Å². The van der Waals surface area contributed by atoms with Gasteiger partial charge in [0.1, 0.15) is 0 Å². The summed E-state index contributed by atoms with van der Waals surface area (Å²) >= 11 is 0. The molecule has 0 aliphatic heterocycles. The molecule has 0 aromatic carbocycles. The van der Waals surface area contributed by atoms with Crippen molar-refractivity contribution in [3.05, 3.63) is 18.0 Å². The lowest BCUT2D eigenvalue weighted by atomic mass is 10.1. The molecule has 0 saturated heterocycles. The van der Waals surface area contributed by atoms with Gasteiger partial charge in [-0.25, -0.2) is 0 Å². The first kappa shape index (κ1) is 14.2. The van der Waals surface area contributed by atoms with Crippen molar-refractivity contribution in [1.82, 2.24) is 20.0 Å². The monoisotopic (exact) mass is 238 g/mol. The Bertz CT molecular complexity index is 304. The van der Waals surface area contributed by atoms with Gasteiger partial charge in [-0.15, -0.1) is 0 Å². The van der Waals surface area contributed by atoms with Crippen molar-refractivity contribution >= 4 is 0 Å². The van der Waals surface area contributed by atoms with Crippen LogP contribution in [0.2, 0.25) is 0 Å². The number of aromatic nitrogens is 2. The molecule has 1 unspecified atom stereocenters. The van der Waals surface area contributed by atoms with Gasteiger partial charge < -0.3 is 10.2 Å². The van der Waals surface area contributed by atoms with Crippen LogP contribution in [0.5, 0.6) is 0 Å². The Hall–Kier alpha value is -0.870. The summed E-state index contributed by atoms with van der Waals surface area (Å²) in [7, 11) is 2.02. The molecule has 0 saturated carbocycles. The number of aryl methyl sites for hydroxylation is 1. The fraction of sp³-hybridized carbons (Fsp3) is 0.769. The molecule has 98 valence electrons. The van der Waals surface area contributed by atoms with Crippen molar-refractivity contribution in [2.24, 2.45) is 0 Å². The van der Waals surface area contributed by atoms with E-state index in [4.69, 9.17) is 0 Å². The maximum absolute atomic E-state index is 4.33. The molecule has 0 radical (unpaired) electrons. The summed E-state index contributed by atoms with van der Waals surface area (Å²) in [5.74, 6) is 0. The summed E-state index contributed by atoms with van der Waals surface area (Å²) < 4.78 is 1.98. The van der Waals surface area contributed by atoms with E-state index in [-0.39, 0.29) is 0 Å². The van der Waals surface area contributed by atoms with Crippen LogP contribution in [-0.4, -0.2) is 41.4 Å². The molecule has 0 spiro atoms. The fourth-order valence-electron chi connectivity index (χ4n) is 2.06. The van der Waals surface area contributed by atoms with Crippen molar-refractivity contribution in [3.8, 4) is 0 Å². The molecule has 1 aromatic rings. The van der Waals surface area contributed by atoms with E-state index in [1.807, 2.05) is 17.9 Å². The molecule has 0 bridgehead atoms. The largest absolute Gasteiger partial charge is 0.313 e. The van der Waals surface area contributed by atoms with E-state index in [1.165, 1.54) is 5.56 Å². The summed E-state index contributed by atoms with van der Waals surface area (Å²) in [5, 5.41) is 7.71. The van der Waals surface area contributed by atoms with E-state index in [9.17, 15) is 0 Å². The number of hydrogen-bond acceptors (Lipinski definition) is 3. The van der Waals surface area contributed by atoms with E-state index in [1.54, 1.807) is 0 Å². The van der Waals surface area contributed by atoms with Crippen molar-refractivity contribution in [1.29, 1.82) is 0 Å². The van der Waals surface area contributed by atoms with Crippen LogP contribution in [0, 0.1) is 0 Å². The van der Waals surface area contributed by atoms with Gasteiger partial charge in [-0.1, -0.05) is 13.8 Å². The maximum Gasteiger partial charge on any atom is 0.0537 e. The maximum atomic E-state index is 4.33. The van der Waals surface area contributed by atoms with Gasteiger partial charge in [0.2, 0.25) is 0 Å². The van der Waals surface area contributed by atoms with Crippen LogP contribution in [0.15, 0.2) is 12.4 Å². The Kier molecular flexibility index (Phi) is 6.22. The average molecular weight is 238 g/mol. The predicted octanol–water partition coefficient (Wildman–Crippen LogP) is 1.90. The van der Waals surface area contributed by atoms with Gasteiger partial charge in [-0.2, -0.15) is 5.10 Å². The zero-order chi connectivity index (χ0) is 12.7. The molecule has 0 aliphatic carbocycles. The summed E-state index contributed by atoms with van der Waals surface area (Å²) in [6.07, 6.45) is 5.25. The smallest absolute Gasteiger partial charge is 0.0537 e. The predicted molar refractivity (Wildman–Crippen MR) is 72.1 cm³/mol. The van der Waals surface area contributed by atoms with E-state index in [0.717, 1.165) is 32.6 Å². The van der Waals surface area contributed by atoms with Crippen LogP contribution in [0.1, 0.15) is 38.8 Å². The Balaban J connectivity index is 2.53. The van der Waals surface area contributed by atoms with Crippen LogP contribution in [0.3, 0.4) is 0 Å². The first-order chi connectivity index (χ1) is 8.24. The van der Waals surface area contributed by atoms with Crippen LogP contribution in [0.4, 0.5) is 0 Å². The van der Waals surface area contributed by atoms with Crippen LogP contribution >= 0.6 is 0 Å². The quantitative estimate of drug-likeness (QED) is 0.751. The van der Waals surface area contributed by atoms with E-state index in [2.05, 4.69) is 42.3 Å². The van der Waals surface area contributed by atoms with Crippen molar-refractivity contribution in [2.45, 2.75) is 39.8 Å². The average Bonchev–Trinajstić information content (AvgIpc) is 2.83. The van der Waals surface area contributed by atoms with Gasteiger partial charge in [0.15, 0.2) is 0 Å². The first-order valence-electron chi connectivity index (χ1n) is 6.67. The lowest BCUT2D eigenvalue weighted by Gasteiger charge is -2.21. The molecule has 0 fully saturated rings. The number of nitrogens with zero attached hydrogens (tertiary/aromatic N) is 3. The topological polar surface area (TPSA) is 33.1 Å². The molecule has 1 atom stereocenters. The second kappa shape index (κ2) is 7.45. The highest BCUT2D eigenvalue weighted by molar-refractivity contribution is 5.10. The highest BCUT2D eigenvalue weighted by Gasteiger charge is 2.12. The van der Waals surface area contributed by atoms with Crippen molar-refractivity contribution in [3.63, 3.8) is 0 Å². The third-order valence-corrected chi connectivity index (χ3v) is 3.36. The van der Waals surface area contributed by atoms with E-state index >= 15 is 0 Å². The molecule has 1 rings (SSSR count). The van der Waals surface area contributed by atoms with Gasteiger partial charge in [-0.3, -0.25) is 4.68 Å². The Labute approximate surface area is 105 Å². The number of rotatable bonds is 8. The third kappa shape index (κ3) is 4.13. The molecule has 4 nitrogen and oxygen atoms in total. The number of nitrogens with one attached hydrogen (secondary N) is 1. The second-order valence-electron chi connectivity index (χ2n) is 4.29. The number of hydrogen-bond donors (Lipinski definition) is 1. The van der Waals surface area contributed by atoms with Crippen LogP contribution < -0.4 is 5.32 Å². The lowest BCUT2D eigenvalue weighted by molar-refractivity contribution is 0.284. The molecule has 4 heteroatoms. The first-order valence-corrected chi connectivity index (χ1v) is 6.67.